The first-order valence-corrected chi connectivity index (χ1v) is 9.90. The molecule has 0 saturated carbocycles. The Morgan fingerprint density at radius 3 is 2.38 bits per heavy atom. The molecule has 154 valence electrons. The zero-order valence-electron chi connectivity index (χ0n) is 17.8. The largest absolute Gasteiger partial charge is 0.372 e. The summed E-state index contributed by atoms with van der Waals surface area (Å²) in [4.78, 5) is 25.4. The summed E-state index contributed by atoms with van der Waals surface area (Å²) < 4.78 is 1.59. The van der Waals surface area contributed by atoms with Crippen molar-refractivity contribution in [1.82, 2.24) is 24.5 Å². The number of aromatic nitrogens is 4. The molecule has 2 N–H and O–H groups in total. The van der Waals surface area contributed by atoms with Crippen molar-refractivity contribution in [1.29, 1.82) is 0 Å². The van der Waals surface area contributed by atoms with Crippen molar-refractivity contribution < 1.29 is 4.79 Å². The van der Waals surface area contributed by atoms with Gasteiger partial charge in [0.05, 0.1) is 6.42 Å². The Balaban J connectivity index is 1.72. The minimum absolute atomic E-state index is 0.0262. The Morgan fingerprint density at radius 2 is 1.76 bits per heavy atom. The van der Waals surface area contributed by atoms with E-state index in [2.05, 4.69) is 58.1 Å². The molecule has 0 radical (unpaired) electrons. The average Bonchev–Trinajstić information content (AvgIpc) is 3.07. The van der Waals surface area contributed by atoms with Crippen molar-refractivity contribution in [3.8, 4) is 0 Å². The van der Waals surface area contributed by atoms with E-state index in [0.29, 0.717) is 12.3 Å². The van der Waals surface area contributed by atoms with Gasteiger partial charge in [-0.3, -0.25) is 4.79 Å². The molecule has 8 heteroatoms. The number of aryl methyl sites for hydroxylation is 2. The zero-order valence-corrected chi connectivity index (χ0v) is 17.8. The molecule has 0 unspecified atom stereocenters. The monoisotopic (exact) mass is 395 g/mol. The lowest BCUT2D eigenvalue weighted by Gasteiger charge is -2.22. The van der Waals surface area contributed by atoms with E-state index in [-0.39, 0.29) is 18.3 Å². The Bertz CT molecular complexity index is 1010. The maximum atomic E-state index is 12.9. The van der Waals surface area contributed by atoms with Crippen LogP contribution in [0.3, 0.4) is 0 Å². The number of carbonyl (C=O) groups excluding carboxylic acids is 1. The summed E-state index contributed by atoms with van der Waals surface area (Å²) in [5.74, 6) is 0.655. The molecule has 0 aliphatic carbocycles. The van der Waals surface area contributed by atoms with Crippen molar-refractivity contribution in [2.75, 3.05) is 30.8 Å². The van der Waals surface area contributed by atoms with Crippen molar-refractivity contribution in [2.24, 2.45) is 0 Å². The molecule has 3 rings (SSSR count). The third-order valence-corrected chi connectivity index (χ3v) is 5.30. The van der Waals surface area contributed by atoms with Crippen LogP contribution in [0.15, 0.2) is 24.3 Å². The predicted molar refractivity (Wildman–Crippen MR) is 115 cm³/mol. The molecule has 8 nitrogen and oxygen atoms in total. The molecule has 0 atom stereocenters. The minimum Gasteiger partial charge on any atom is -0.372 e. The highest BCUT2D eigenvalue weighted by Crippen LogP contribution is 2.18. The van der Waals surface area contributed by atoms with Gasteiger partial charge in [-0.25, -0.2) is 4.98 Å². The number of carbonyl (C=O) groups is 1. The summed E-state index contributed by atoms with van der Waals surface area (Å²) >= 11 is 0. The number of nitrogen functional groups attached to an aromatic ring is 1. The number of amides is 1. The van der Waals surface area contributed by atoms with Crippen LogP contribution < -0.4 is 10.6 Å². The van der Waals surface area contributed by atoms with E-state index in [1.165, 1.54) is 5.69 Å². The van der Waals surface area contributed by atoms with Gasteiger partial charge in [0.2, 0.25) is 11.9 Å². The molecule has 0 aliphatic heterocycles. The molecule has 3 aromatic rings. The van der Waals surface area contributed by atoms with Crippen LogP contribution in [0.5, 0.6) is 0 Å². The third kappa shape index (κ3) is 4.31. The van der Waals surface area contributed by atoms with Crippen LogP contribution in [-0.2, 0) is 17.8 Å². The summed E-state index contributed by atoms with van der Waals surface area (Å²) in [5.41, 5.74) is 10.4. The Labute approximate surface area is 171 Å². The lowest BCUT2D eigenvalue weighted by atomic mass is 10.1. The van der Waals surface area contributed by atoms with E-state index in [1.54, 1.807) is 9.42 Å². The van der Waals surface area contributed by atoms with E-state index >= 15 is 0 Å². The topological polar surface area (TPSA) is 92.6 Å². The number of nitrogens with two attached hydrogens (primary N) is 1. The first kappa shape index (κ1) is 20.6. The van der Waals surface area contributed by atoms with E-state index in [1.807, 2.05) is 20.9 Å². The molecule has 1 amide bonds. The van der Waals surface area contributed by atoms with Gasteiger partial charge in [-0.1, -0.05) is 12.1 Å². The Kier molecular flexibility index (Phi) is 6.00. The second-order valence-electron chi connectivity index (χ2n) is 7.21. The second kappa shape index (κ2) is 8.46. The van der Waals surface area contributed by atoms with Crippen LogP contribution in [-0.4, -0.2) is 50.5 Å². The molecular weight excluding hydrogens is 366 g/mol. The van der Waals surface area contributed by atoms with E-state index in [0.717, 1.165) is 35.6 Å². The van der Waals surface area contributed by atoms with E-state index in [9.17, 15) is 4.79 Å². The lowest BCUT2D eigenvalue weighted by molar-refractivity contribution is -0.129. The molecule has 0 bridgehead atoms. The van der Waals surface area contributed by atoms with Crippen LogP contribution in [0.25, 0.3) is 5.78 Å². The number of likely N-dealkylation sites (N-methyl/N-ethyl adjacent to an activating group) is 1. The highest BCUT2D eigenvalue weighted by Gasteiger charge is 2.18. The number of nitrogens with zero attached hydrogens (tertiary/aromatic N) is 6. The minimum atomic E-state index is 0.0262. The van der Waals surface area contributed by atoms with Gasteiger partial charge in [-0.05, 0) is 45.4 Å². The van der Waals surface area contributed by atoms with E-state index < -0.39 is 0 Å². The van der Waals surface area contributed by atoms with Gasteiger partial charge in [-0.15, -0.1) is 5.10 Å². The molecule has 0 fully saturated rings. The van der Waals surface area contributed by atoms with Crippen LogP contribution >= 0.6 is 0 Å². The van der Waals surface area contributed by atoms with Gasteiger partial charge in [0.1, 0.15) is 0 Å². The van der Waals surface area contributed by atoms with Crippen molar-refractivity contribution >= 4 is 23.3 Å². The fourth-order valence-corrected chi connectivity index (χ4v) is 3.53. The van der Waals surface area contributed by atoms with Gasteiger partial charge in [0.15, 0.2) is 0 Å². The van der Waals surface area contributed by atoms with Crippen LogP contribution in [0.1, 0.15) is 36.4 Å². The lowest BCUT2D eigenvalue weighted by Crippen LogP contribution is -2.28. The van der Waals surface area contributed by atoms with Crippen LogP contribution in [0, 0.1) is 13.8 Å². The van der Waals surface area contributed by atoms with Crippen LogP contribution in [0.4, 0.5) is 11.6 Å². The number of hydrogen-bond acceptors (Lipinski definition) is 6. The molecule has 1 aromatic carbocycles. The van der Waals surface area contributed by atoms with Gasteiger partial charge < -0.3 is 15.5 Å². The maximum Gasteiger partial charge on any atom is 0.254 e. The number of anilines is 2. The number of rotatable bonds is 7. The molecule has 0 spiro atoms. The predicted octanol–water partition coefficient (Wildman–Crippen LogP) is 2.37. The van der Waals surface area contributed by atoms with Gasteiger partial charge in [0, 0.05) is 49.3 Å². The van der Waals surface area contributed by atoms with Crippen molar-refractivity contribution in [2.45, 2.75) is 40.7 Å². The van der Waals surface area contributed by atoms with Crippen molar-refractivity contribution in [3.63, 3.8) is 0 Å². The number of hydrogen-bond donors (Lipinski definition) is 1. The van der Waals surface area contributed by atoms with Crippen LogP contribution in [0.2, 0.25) is 0 Å². The SMILES string of the molecule is CCN(CC)c1ccc(CN(C)C(=O)Cc2c(C)nc3nc(N)nn3c2C)cc1. The third-order valence-electron chi connectivity index (χ3n) is 5.30. The zero-order chi connectivity index (χ0) is 21.1. The normalized spacial score (nSPS) is 11.1. The smallest absolute Gasteiger partial charge is 0.254 e. The summed E-state index contributed by atoms with van der Waals surface area (Å²) in [7, 11) is 1.82. The second-order valence-corrected chi connectivity index (χ2v) is 7.21. The summed E-state index contributed by atoms with van der Waals surface area (Å²) in [6.45, 7) is 10.6. The molecule has 2 heterocycles. The quantitative estimate of drug-likeness (QED) is 0.660. The molecular formula is C21H29N7O. The fourth-order valence-electron chi connectivity index (χ4n) is 3.53. The summed E-state index contributed by atoms with van der Waals surface area (Å²) in [6.07, 6.45) is 0.258. The average molecular weight is 396 g/mol. The fraction of sp³-hybridized carbons (Fsp3) is 0.429. The summed E-state index contributed by atoms with van der Waals surface area (Å²) in [5, 5.41) is 4.16. The van der Waals surface area contributed by atoms with E-state index in [4.69, 9.17) is 5.73 Å². The standard InChI is InChI=1S/C21H29N7O/c1-6-27(7-2)17-10-8-16(9-11-17)13-26(5)19(29)12-18-14(3)23-21-24-20(22)25-28(21)15(18)4/h8-11H,6-7,12-13H2,1-5H3,(H2,22,25). The first-order chi connectivity index (χ1) is 13.8. The van der Waals surface area contributed by atoms with Gasteiger partial charge >= 0.3 is 0 Å². The number of benzene rings is 1. The van der Waals surface area contributed by atoms with Gasteiger partial charge in [0.25, 0.3) is 5.78 Å². The Morgan fingerprint density at radius 1 is 1.10 bits per heavy atom. The van der Waals surface area contributed by atoms with Crippen molar-refractivity contribution in [3.05, 3.63) is 46.8 Å². The summed E-state index contributed by atoms with van der Waals surface area (Å²) in [6, 6.07) is 8.39. The van der Waals surface area contributed by atoms with Gasteiger partial charge in [-0.2, -0.15) is 9.50 Å². The number of fused-ring (bicyclic) bond motifs is 1. The molecule has 2 aromatic heterocycles. The molecule has 0 saturated heterocycles. The first-order valence-electron chi connectivity index (χ1n) is 9.90. The highest BCUT2D eigenvalue weighted by atomic mass is 16.2. The molecule has 0 aliphatic rings. The Hall–Kier alpha value is -3.16. The maximum absolute atomic E-state index is 12.9. The molecule has 29 heavy (non-hydrogen) atoms. The highest BCUT2D eigenvalue weighted by molar-refractivity contribution is 5.79.